The minimum atomic E-state index is 0.0221. The maximum atomic E-state index is 2.36. The molecule has 0 unspecified atom stereocenters. The number of nitrogens with zero attached hydrogens (tertiary/aromatic N) is 2. The number of para-hydroxylation sites is 2. The molecule has 0 saturated carbocycles. The monoisotopic (exact) mass is 413 g/mol. The Labute approximate surface area is 183 Å². The standard InChI is InChI=1S/C27H29N2S/c1-5-29-23-17-13-14-18-24(23)30-26(29)20-10-8-6-7-9-19-25-27(2,3)21-15-11-12-16-22(21)28(25)4/h6-20H,5H2,1-4H3/q+1. The Hall–Kier alpha value is -2.91. The number of hydrogen-bond acceptors (Lipinski definition) is 2. The zero-order chi connectivity index (χ0) is 21.1. The fraction of sp³-hybridized carbons (Fsp3) is 0.222. The molecule has 0 radical (unpaired) electrons. The summed E-state index contributed by atoms with van der Waals surface area (Å²) in [7, 11) is 2.15. The van der Waals surface area contributed by atoms with Crippen molar-refractivity contribution in [2.75, 3.05) is 11.9 Å². The first-order valence-electron chi connectivity index (χ1n) is 10.5. The second-order valence-electron chi connectivity index (χ2n) is 8.03. The average molecular weight is 414 g/mol. The van der Waals surface area contributed by atoms with Crippen LogP contribution in [0.2, 0.25) is 0 Å². The van der Waals surface area contributed by atoms with Gasteiger partial charge in [0.1, 0.15) is 11.2 Å². The van der Waals surface area contributed by atoms with Crippen LogP contribution in [0.3, 0.4) is 0 Å². The molecule has 0 spiro atoms. The molecule has 1 aliphatic heterocycles. The van der Waals surface area contributed by atoms with Crippen LogP contribution in [0.5, 0.6) is 0 Å². The minimum absolute atomic E-state index is 0.0221. The van der Waals surface area contributed by atoms with E-state index >= 15 is 0 Å². The van der Waals surface area contributed by atoms with Crippen LogP contribution in [-0.2, 0) is 12.0 Å². The van der Waals surface area contributed by atoms with E-state index in [1.807, 2.05) is 11.3 Å². The Morgan fingerprint density at radius 3 is 2.43 bits per heavy atom. The Morgan fingerprint density at radius 1 is 0.933 bits per heavy atom. The molecule has 1 aliphatic rings. The molecular formula is C27H29N2S+. The number of aromatic nitrogens is 1. The summed E-state index contributed by atoms with van der Waals surface area (Å²) in [6.45, 7) is 7.76. The zero-order valence-electron chi connectivity index (χ0n) is 18.2. The van der Waals surface area contributed by atoms with Crippen molar-refractivity contribution in [2.24, 2.45) is 0 Å². The van der Waals surface area contributed by atoms with Crippen LogP contribution in [0, 0.1) is 0 Å². The lowest BCUT2D eigenvalue weighted by molar-refractivity contribution is -0.665. The number of allylic oxidation sites excluding steroid dienone is 7. The van der Waals surface area contributed by atoms with Crippen LogP contribution in [0.15, 0.2) is 90.7 Å². The summed E-state index contributed by atoms with van der Waals surface area (Å²) in [4.78, 5) is 2.30. The average Bonchev–Trinajstić information content (AvgIpc) is 3.20. The Balaban J connectivity index is 1.46. The lowest BCUT2D eigenvalue weighted by Crippen LogP contribution is -2.33. The van der Waals surface area contributed by atoms with Crippen LogP contribution in [0.25, 0.3) is 16.3 Å². The van der Waals surface area contributed by atoms with Crippen molar-refractivity contribution in [2.45, 2.75) is 32.7 Å². The van der Waals surface area contributed by atoms with E-state index in [2.05, 4.69) is 128 Å². The second kappa shape index (κ2) is 8.45. The molecule has 1 aromatic heterocycles. The predicted octanol–water partition coefficient (Wildman–Crippen LogP) is 6.65. The largest absolute Gasteiger partial charge is 0.347 e. The van der Waals surface area contributed by atoms with Crippen molar-refractivity contribution in [3.05, 3.63) is 101 Å². The van der Waals surface area contributed by atoms with Gasteiger partial charge in [0.05, 0.1) is 0 Å². The molecule has 2 heterocycles. The maximum absolute atomic E-state index is 2.36. The first kappa shape index (κ1) is 20.4. The molecule has 0 saturated heterocycles. The molecule has 2 nitrogen and oxygen atoms in total. The third-order valence-electron chi connectivity index (χ3n) is 5.83. The molecule has 3 aromatic rings. The maximum Gasteiger partial charge on any atom is 0.262 e. The fourth-order valence-corrected chi connectivity index (χ4v) is 5.42. The summed E-state index contributed by atoms with van der Waals surface area (Å²) in [6.07, 6.45) is 15.0. The van der Waals surface area contributed by atoms with Crippen molar-refractivity contribution in [1.82, 2.24) is 0 Å². The van der Waals surface area contributed by atoms with E-state index in [0.717, 1.165) is 6.54 Å². The third kappa shape index (κ3) is 3.66. The van der Waals surface area contributed by atoms with E-state index in [-0.39, 0.29) is 5.41 Å². The lowest BCUT2D eigenvalue weighted by Gasteiger charge is -2.23. The summed E-state index contributed by atoms with van der Waals surface area (Å²) in [5.74, 6) is 0. The molecular weight excluding hydrogens is 384 g/mol. The molecule has 4 rings (SSSR count). The summed E-state index contributed by atoms with van der Waals surface area (Å²) in [6, 6.07) is 17.3. The second-order valence-corrected chi connectivity index (χ2v) is 9.10. The quantitative estimate of drug-likeness (QED) is 0.336. The van der Waals surface area contributed by atoms with Crippen LogP contribution in [-0.4, -0.2) is 7.05 Å². The van der Waals surface area contributed by atoms with E-state index < -0.39 is 0 Å². The number of likely N-dealkylation sites (N-methyl/N-ethyl adjacent to an activating group) is 1. The van der Waals surface area contributed by atoms with Gasteiger partial charge >= 0.3 is 0 Å². The Morgan fingerprint density at radius 2 is 1.63 bits per heavy atom. The molecule has 0 aliphatic carbocycles. The van der Waals surface area contributed by atoms with Crippen LogP contribution < -0.4 is 9.47 Å². The van der Waals surface area contributed by atoms with Crippen molar-refractivity contribution in [1.29, 1.82) is 0 Å². The number of rotatable bonds is 5. The van der Waals surface area contributed by atoms with Crippen LogP contribution in [0.4, 0.5) is 5.69 Å². The first-order valence-corrected chi connectivity index (χ1v) is 11.3. The minimum Gasteiger partial charge on any atom is -0.347 e. The van der Waals surface area contributed by atoms with Gasteiger partial charge in [-0.05, 0) is 30.7 Å². The number of aryl methyl sites for hydroxylation is 1. The van der Waals surface area contributed by atoms with Crippen molar-refractivity contribution in [3.8, 4) is 0 Å². The normalized spacial score (nSPS) is 17.3. The Kier molecular flexibility index (Phi) is 5.74. The first-order chi connectivity index (χ1) is 14.5. The highest BCUT2D eigenvalue weighted by Gasteiger charge is 2.37. The SMILES string of the molecule is CC[n+]1c(/C=C/C=C/C=C/C=C2/N(C)c3ccccc3C2(C)C)sc2ccccc21. The summed E-state index contributed by atoms with van der Waals surface area (Å²) < 4.78 is 3.69. The summed E-state index contributed by atoms with van der Waals surface area (Å²) in [5.41, 5.74) is 5.34. The third-order valence-corrected chi connectivity index (χ3v) is 6.96. The predicted molar refractivity (Wildman–Crippen MR) is 131 cm³/mol. The summed E-state index contributed by atoms with van der Waals surface area (Å²) in [5, 5.41) is 1.28. The van der Waals surface area contributed by atoms with Gasteiger partial charge < -0.3 is 4.90 Å². The highest BCUT2D eigenvalue weighted by atomic mass is 32.1. The van der Waals surface area contributed by atoms with E-state index in [4.69, 9.17) is 0 Å². The number of benzene rings is 2. The molecule has 0 amide bonds. The number of thiazole rings is 1. The Bertz CT molecular complexity index is 1170. The van der Waals surface area contributed by atoms with Crippen LogP contribution in [0.1, 0.15) is 31.3 Å². The van der Waals surface area contributed by atoms with Gasteiger partial charge in [0, 0.05) is 36.0 Å². The number of anilines is 1. The van der Waals surface area contributed by atoms with E-state index in [1.54, 1.807) is 0 Å². The zero-order valence-corrected chi connectivity index (χ0v) is 19.0. The highest BCUT2D eigenvalue weighted by molar-refractivity contribution is 7.18. The topological polar surface area (TPSA) is 7.12 Å². The molecule has 0 N–H and O–H groups in total. The van der Waals surface area contributed by atoms with Gasteiger partial charge in [0.15, 0.2) is 0 Å². The number of hydrogen-bond donors (Lipinski definition) is 0. The molecule has 2 aromatic carbocycles. The molecule has 152 valence electrons. The van der Waals surface area contributed by atoms with Gasteiger partial charge in [0.25, 0.3) is 5.01 Å². The van der Waals surface area contributed by atoms with Gasteiger partial charge in [-0.2, -0.15) is 4.57 Å². The van der Waals surface area contributed by atoms with E-state index in [0.29, 0.717) is 0 Å². The highest BCUT2D eigenvalue weighted by Crippen LogP contribution is 2.46. The van der Waals surface area contributed by atoms with Gasteiger partial charge in [0.2, 0.25) is 5.52 Å². The molecule has 0 atom stereocenters. The number of fused-ring (bicyclic) bond motifs is 2. The van der Waals surface area contributed by atoms with E-state index in [1.165, 1.54) is 32.2 Å². The van der Waals surface area contributed by atoms with Gasteiger partial charge in [-0.25, -0.2) is 0 Å². The van der Waals surface area contributed by atoms with Crippen molar-refractivity contribution >= 4 is 33.3 Å². The smallest absolute Gasteiger partial charge is 0.262 e. The van der Waals surface area contributed by atoms with E-state index in [9.17, 15) is 0 Å². The molecule has 0 bridgehead atoms. The van der Waals surface area contributed by atoms with Crippen molar-refractivity contribution in [3.63, 3.8) is 0 Å². The molecule has 0 fully saturated rings. The van der Waals surface area contributed by atoms with Crippen LogP contribution >= 0.6 is 11.3 Å². The van der Waals surface area contributed by atoms with Gasteiger partial charge in [-0.15, -0.1) is 0 Å². The van der Waals surface area contributed by atoms with Crippen molar-refractivity contribution < 1.29 is 4.57 Å². The van der Waals surface area contributed by atoms with Gasteiger partial charge in [-0.3, -0.25) is 0 Å². The lowest BCUT2D eigenvalue weighted by atomic mass is 9.84. The fourth-order valence-electron chi connectivity index (χ4n) is 4.28. The molecule has 3 heteroatoms. The van der Waals surface area contributed by atoms with Gasteiger partial charge in [-0.1, -0.05) is 85.9 Å². The summed E-state index contributed by atoms with van der Waals surface area (Å²) >= 11 is 1.84. The molecule has 30 heavy (non-hydrogen) atoms.